The van der Waals surface area contributed by atoms with Crippen LogP contribution in [0, 0.1) is 10.7 Å². The van der Waals surface area contributed by atoms with Gasteiger partial charge < -0.3 is 4.74 Å². The number of rotatable bonds is 2. The third kappa shape index (κ3) is 1.43. The maximum absolute atomic E-state index is 8.32. The molecule has 0 radical (unpaired) electrons. The fraction of sp³-hybridized carbons (Fsp3) is 0.167. The van der Waals surface area contributed by atoms with Gasteiger partial charge in [0.25, 0.3) is 0 Å². The Morgan fingerprint density at radius 1 is 1.80 bits per heavy atom. The molecule has 0 atom stereocenters. The molecule has 1 aromatic rings. The van der Waals surface area contributed by atoms with Crippen molar-refractivity contribution in [1.29, 1.82) is 5.26 Å². The predicted octanol–water partition coefficient (Wildman–Crippen LogP) is 2.33. The molecule has 0 N–H and O–H groups in total. The van der Waals surface area contributed by atoms with Crippen molar-refractivity contribution in [2.75, 3.05) is 7.11 Å². The summed E-state index contributed by atoms with van der Waals surface area (Å²) in [5.74, 6) is 0.788. The third-order valence-corrected chi connectivity index (χ3v) is 2.66. The summed E-state index contributed by atoms with van der Waals surface area (Å²) in [5.41, 5.74) is 0. The summed E-state index contributed by atoms with van der Waals surface area (Å²) in [4.78, 5) is 0. The Balaban J connectivity index is 2.82. The first-order chi connectivity index (χ1) is 4.88. The van der Waals surface area contributed by atoms with E-state index in [-0.39, 0.29) is 0 Å². The van der Waals surface area contributed by atoms with Gasteiger partial charge in [-0.25, -0.2) is 0 Å². The highest BCUT2D eigenvalue weighted by Crippen LogP contribution is 2.33. The number of thiophene rings is 1. The van der Waals surface area contributed by atoms with E-state index in [0.29, 0.717) is 0 Å². The van der Waals surface area contributed by atoms with Crippen LogP contribution in [0.4, 0.5) is 0 Å². The third-order valence-electron chi connectivity index (χ3n) is 0.954. The first-order valence-electron chi connectivity index (χ1n) is 2.56. The fourth-order valence-corrected chi connectivity index (χ4v) is 1.94. The zero-order chi connectivity index (χ0) is 7.40. The van der Waals surface area contributed by atoms with Gasteiger partial charge in [0, 0.05) is 11.8 Å². The van der Waals surface area contributed by atoms with Crippen molar-refractivity contribution < 1.29 is 4.74 Å². The molecule has 1 heterocycles. The Labute approximate surface area is 67.4 Å². The van der Waals surface area contributed by atoms with Crippen molar-refractivity contribution in [2.24, 2.45) is 0 Å². The van der Waals surface area contributed by atoms with Crippen molar-refractivity contribution >= 4 is 23.1 Å². The molecule has 10 heavy (non-hydrogen) atoms. The highest BCUT2D eigenvalue weighted by molar-refractivity contribution is 8.05. The maximum atomic E-state index is 8.32. The zero-order valence-corrected chi connectivity index (χ0v) is 6.96. The van der Waals surface area contributed by atoms with Gasteiger partial charge in [0.05, 0.1) is 7.11 Å². The molecule has 0 aliphatic rings. The summed E-state index contributed by atoms with van der Waals surface area (Å²) in [6.07, 6.45) is 0. The Morgan fingerprint density at radius 3 is 3.20 bits per heavy atom. The molecule has 0 bridgehead atoms. The minimum atomic E-state index is 0.788. The van der Waals surface area contributed by atoms with Crippen molar-refractivity contribution in [3.63, 3.8) is 0 Å². The molecule has 0 aromatic carbocycles. The van der Waals surface area contributed by atoms with Crippen molar-refractivity contribution in [1.82, 2.24) is 0 Å². The molecule has 0 saturated carbocycles. The van der Waals surface area contributed by atoms with Crippen molar-refractivity contribution in [3.05, 3.63) is 11.4 Å². The number of thiocyanates is 1. The van der Waals surface area contributed by atoms with E-state index in [9.17, 15) is 0 Å². The van der Waals surface area contributed by atoms with Crippen molar-refractivity contribution in [2.45, 2.75) is 4.21 Å². The standard InChI is InChI=1S/C6H5NOS2/c1-8-5-2-3-9-6(5)10-4-7/h2-3H,1H3. The van der Waals surface area contributed by atoms with Crippen LogP contribution in [0.1, 0.15) is 0 Å². The van der Waals surface area contributed by atoms with Gasteiger partial charge in [-0.1, -0.05) is 0 Å². The number of thioether (sulfide) groups is 1. The number of hydrogen-bond acceptors (Lipinski definition) is 4. The molecule has 0 amide bonds. The van der Waals surface area contributed by atoms with Gasteiger partial charge in [0.2, 0.25) is 0 Å². The lowest BCUT2D eigenvalue weighted by atomic mass is 10.6. The molecule has 2 nitrogen and oxygen atoms in total. The first kappa shape index (κ1) is 7.45. The van der Waals surface area contributed by atoms with Crippen LogP contribution in [0.5, 0.6) is 5.75 Å². The molecule has 0 aliphatic heterocycles. The molecule has 0 fully saturated rings. The normalized spacial score (nSPS) is 8.80. The summed E-state index contributed by atoms with van der Waals surface area (Å²) in [6.45, 7) is 0. The molecule has 0 saturated heterocycles. The molecule has 0 spiro atoms. The van der Waals surface area contributed by atoms with Gasteiger partial charge in [0.15, 0.2) is 0 Å². The van der Waals surface area contributed by atoms with Crippen LogP contribution in [0.3, 0.4) is 0 Å². The van der Waals surface area contributed by atoms with Crippen LogP contribution in [0.15, 0.2) is 15.7 Å². The van der Waals surface area contributed by atoms with E-state index >= 15 is 0 Å². The summed E-state index contributed by atoms with van der Waals surface area (Å²) < 4.78 is 5.90. The topological polar surface area (TPSA) is 33.0 Å². The van der Waals surface area contributed by atoms with Crippen LogP contribution in [-0.2, 0) is 0 Å². The zero-order valence-electron chi connectivity index (χ0n) is 5.33. The molecule has 52 valence electrons. The average Bonchev–Trinajstić information content (AvgIpc) is 2.36. The number of hydrogen-bond donors (Lipinski definition) is 0. The average molecular weight is 171 g/mol. The molecule has 1 aromatic heterocycles. The predicted molar refractivity (Wildman–Crippen MR) is 42.3 cm³/mol. The maximum Gasteiger partial charge on any atom is 0.144 e. The SMILES string of the molecule is COc1ccsc1SC#N. The van der Waals surface area contributed by atoms with E-state index in [1.54, 1.807) is 7.11 Å². The quantitative estimate of drug-likeness (QED) is 0.505. The monoisotopic (exact) mass is 171 g/mol. The van der Waals surface area contributed by atoms with Crippen molar-refractivity contribution in [3.8, 4) is 11.2 Å². The van der Waals surface area contributed by atoms with E-state index in [1.165, 1.54) is 11.3 Å². The Kier molecular flexibility index (Phi) is 2.60. The summed E-state index contributed by atoms with van der Waals surface area (Å²) in [7, 11) is 1.60. The molecule has 0 aliphatic carbocycles. The van der Waals surface area contributed by atoms with E-state index in [0.717, 1.165) is 21.7 Å². The summed E-state index contributed by atoms with van der Waals surface area (Å²) >= 11 is 2.65. The van der Waals surface area contributed by atoms with Crippen LogP contribution in [0.2, 0.25) is 0 Å². The number of methoxy groups -OCH3 is 1. The number of ether oxygens (including phenoxy) is 1. The minimum absolute atomic E-state index is 0.788. The van der Waals surface area contributed by atoms with E-state index < -0.39 is 0 Å². The van der Waals surface area contributed by atoms with Gasteiger partial charge in [-0.2, -0.15) is 5.26 Å². The summed E-state index contributed by atoms with van der Waals surface area (Å²) in [5, 5.41) is 12.2. The molecule has 4 heteroatoms. The second-order valence-electron chi connectivity index (χ2n) is 1.47. The second kappa shape index (κ2) is 3.49. The van der Waals surface area contributed by atoms with E-state index in [1.807, 2.05) is 16.8 Å². The van der Waals surface area contributed by atoms with Crippen LogP contribution < -0.4 is 4.74 Å². The number of nitrogens with zero attached hydrogens (tertiary/aromatic N) is 1. The molecular formula is C6H5NOS2. The van der Waals surface area contributed by atoms with Gasteiger partial charge in [-0.3, -0.25) is 0 Å². The largest absolute Gasteiger partial charge is 0.495 e. The van der Waals surface area contributed by atoms with Crippen LogP contribution in [0.25, 0.3) is 0 Å². The van der Waals surface area contributed by atoms with Gasteiger partial charge >= 0.3 is 0 Å². The highest BCUT2D eigenvalue weighted by Gasteiger charge is 2.02. The highest BCUT2D eigenvalue weighted by atomic mass is 32.2. The smallest absolute Gasteiger partial charge is 0.144 e. The Bertz CT molecular complexity index is 250. The lowest BCUT2D eigenvalue weighted by Gasteiger charge is -1.94. The molecule has 0 unspecified atom stereocenters. The van der Waals surface area contributed by atoms with E-state index in [4.69, 9.17) is 10.00 Å². The van der Waals surface area contributed by atoms with Gasteiger partial charge in [0.1, 0.15) is 15.4 Å². The molecular weight excluding hydrogens is 166 g/mol. The fourth-order valence-electron chi connectivity index (χ4n) is 0.551. The van der Waals surface area contributed by atoms with Gasteiger partial charge in [-0.15, -0.1) is 11.3 Å². The Morgan fingerprint density at radius 2 is 2.60 bits per heavy atom. The number of nitriles is 1. The summed E-state index contributed by atoms with van der Waals surface area (Å²) in [6, 6.07) is 1.85. The molecule has 1 rings (SSSR count). The first-order valence-corrected chi connectivity index (χ1v) is 4.25. The minimum Gasteiger partial charge on any atom is -0.495 e. The van der Waals surface area contributed by atoms with E-state index in [2.05, 4.69) is 0 Å². The lowest BCUT2D eigenvalue weighted by molar-refractivity contribution is 0.408. The van der Waals surface area contributed by atoms with Crippen LogP contribution >= 0.6 is 23.1 Å². The lowest BCUT2D eigenvalue weighted by Crippen LogP contribution is -1.78. The Hall–Kier alpha value is -0.660. The second-order valence-corrected chi connectivity index (χ2v) is 3.44. The van der Waals surface area contributed by atoms with Crippen LogP contribution in [-0.4, -0.2) is 7.11 Å². The van der Waals surface area contributed by atoms with Gasteiger partial charge in [-0.05, 0) is 11.4 Å².